The van der Waals surface area contributed by atoms with Gasteiger partial charge in [-0.05, 0) is 94.0 Å². The van der Waals surface area contributed by atoms with Gasteiger partial charge in [-0.1, -0.05) is 379 Å². The van der Waals surface area contributed by atoms with Crippen LogP contribution in [0.15, 0.2) is 71.8 Å². The molecule has 0 amide bonds. The number of nitrogens with zero attached hydrogens (tertiary/aromatic N) is 2. The summed E-state index contributed by atoms with van der Waals surface area (Å²) in [5.41, 5.74) is 22.0. The van der Waals surface area contributed by atoms with Crippen molar-refractivity contribution in [3.05, 3.63) is 99.6 Å². The van der Waals surface area contributed by atoms with Gasteiger partial charge in [-0.25, -0.2) is 4.70 Å². The molecule has 2 aromatic rings. The van der Waals surface area contributed by atoms with Gasteiger partial charge in [-0.15, -0.1) is 0 Å². The number of rotatable bonds is 83. The first kappa shape index (κ1) is 101. The second-order valence-electron chi connectivity index (χ2n) is 34.2. The molecule has 107 heavy (non-hydrogen) atoms. The van der Waals surface area contributed by atoms with Gasteiger partial charge < -0.3 is 5.53 Å². The van der Waals surface area contributed by atoms with Crippen molar-refractivity contribution < 1.29 is 19.1 Å². The van der Waals surface area contributed by atoms with Gasteiger partial charge in [0.05, 0.1) is 0 Å². The molecule has 0 spiro atoms. The molecule has 3 rings (SSSR count). The molecule has 0 aromatic heterocycles. The van der Waals surface area contributed by atoms with Gasteiger partial charge in [-0.2, -0.15) is 0 Å². The van der Waals surface area contributed by atoms with E-state index in [0.29, 0.717) is 0 Å². The number of hydrogen-bond acceptors (Lipinski definition) is 0. The van der Waals surface area contributed by atoms with Crippen LogP contribution in [0.2, 0.25) is 10.8 Å². The molecule has 2 aromatic carbocycles. The van der Waals surface area contributed by atoms with E-state index in [2.05, 4.69) is 117 Å². The van der Waals surface area contributed by atoms with Crippen LogP contribution in [0, 0.1) is 0 Å². The Labute approximate surface area is 678 Å². The predicted molar refractivity (Wildman–Crippen MR) is 481 cm³/mol. The first-order chi connectivity index (χ1) is 53.1. The van der Waals surface area contributed by atoms with Crippen molar-refractivity contribution in [3.8, 4) is 0 Å². The summed E-state index contributed by atoms with van der Waals surface area (Å²) >= 11 is 2.05. The van der Waals surface area contributed by atoms with E-state index in [1.807, 2.05) is 0 Å². The van der Waals surface area contributed by atoms with Gasteiger partial charge in [0.15, 0.2) is 0 Å². The first-order valence-corrected chi connectivity index (χ1v) is 50.7. The van der Waals surface area contributed by atoms with Crippen LogP contribution in [-0.2, 0) is 27.3 Å². The number of benzene rings is 2. The molecule has 1 heterocycles. The van der Waals surface area contributed by atoms with E-state index in [4.69, 9.17) is 0 Å². The molecule has 3 heteroatoms. The maximum atomic E-state index is 12.1. The molecule has 0 fully saturated rings. The summed E-state index contributed by atoms with van der Waals surface area (Å²) in [4.78, 5) is 0. The van der Waals surface area contributed by atoms with E-state index >= 15 is 0 Å². The van der Waals surface area contributed by atoms with E-state index in [1.54, 1.807) is 4.70 Å². The molecule has 1 aliphatic heterocycles. The van der Waals surface area contributed by atoms with Crippen LogP contribution < -0.4 is 0 Å². The minimum atomic E-state index is 1.01. The van der Waals surface area contributed by atoms with Crippen molar-refractivity contribution >= 4 is 11.4 Å². The Morgan fingerprint density at radius 2 is 0.523 bits per heavy atom. The van der Waals surface area contributed by atoms with E-state index in [-0.39, 0.29) is 0 Å². The van der Waals surface area contributed by atoms with Gasteiger partial charge in [0.1, 0.15) is 0 Å². The molecule has 0 saturated heterocycles. The third-order valence-corrected chi connectivity index (χ3v) is 25.3. The summed E-state index contributed by atoms with van der Waals surface area (Å²) in [5, 5.41) is 2.87. The second kappa shape index (κ2) is 81.8. The molecule has 0 aliphatic carbocycles. The van der Waals surface area contributed by atoms with Gasteiger partial charge in [-0.3, -0.25) is 0 Å². The number of hydrogen-bond donors (Lipinski definition) is 0. The Balaban J connectivity index is 0.000000731. The van der Waals surface area contributed by atoms with Gasteiger partial charge in [0, 0.05) is 22.3 Å². The quantitative estimate of drug-likeness (QED) is 0.0273. The van der Waals surface area contributed by atoms with Gasteiger partial charge >= 0.3 is 166 Å². The number of aryl methyl sites for hydroxylation is 2. The van der Waals surface area contributed by atoms with Crippen LogP contribution in [0.3, 0.4) is 0 Å². The second-order valence-corrected chi connectivity index (χ2v) is 35.7. The smallest absolute Gasteiger partial charge is 0.0654 e. The summed E-state index contributed by atoms with van der Waals surface area (Å²) in [5.74, 6) is 0. The summed E-state index contributed by atoms with van der Waals surface area (Å²) in [7, 11) is 0. The van der Waals surface area contributed by atoms with Crippen LogP contribution in [0.5, 0.6) is 0 Å². The molecule has 624 valence electrons. The van der Waals surface area contributed by atoms with E-state index in [9.17, 15) is 5.53 Å². The van der Waals surface area contributed by atoms with Crippen LogP contribution in [0.4, 0.5) is 0 Å². The van der Waals surface area contributed by atoms with Crippen LogP contribution in [-0.4, -0.2) is 4.70 Å². The fourth-order valence-electron chi connectivity index (χ4n) is 16.8. The third kappa shape index (κ3) is 61.0. The average molecular weight is 1530 g/mol. The first-order valence-electron chi connectivity index (χ1n) is 49.3. The fraction of sp³-hybridized carbons (Fsp3) is 0.827. The van der Waals surface area contributed by atoms with Gasteiger partial charge in [0.25, 0.3) is 0 Å². The minimum absolute atomic E-state index is 1.01. The number of unbranched alkanes of at least 4 members (excludes halogenated alkanes) is 68. The van der Waals surface area contributed by atoms with Crippen molar-refractivity contribution in [1.29, 1.82) is 0 Å². The summed E-state index contributed by atoms with van der Waals surface area (Å²) in [6.07, 6.45) is 115. The Bertz CT molecular complexity index is 2200. The van der Waals surface area contributed by atoms with Crippen molar-refractivity contribution in [3.63, 3.8) is 0 Å². The zero-order valence-electron chi connectivity index (χ0n) is 73.6. The van der Waals surface area contributed by atoms with Crippen LogP contribution >= 0.6 is 0 Å². The predicted octanol–water partition coefficient (Wildman–Crippen LogP) is 38.2. The zero-order chi connectivity index (χ0) is 76.5. The Hall–Kier alpha value is -2.25. The normalized spacial score (nSPS) is 12.6. The van der Waals surface area contributed by atoms with E-state index in [1.165, 1.54) is 475 Å². The van der Waals surface area contributed by atoms with Crippen LogP contribution in [0.1, 0.15) is 552 Å². The summed E-state index contributed by atoms with van der Waals surface area (Å²) in [6, 6.07) is 18.0. The molecule has 0 atom stereocenters. The number of allylic oxidation sites excluding steroid dienone is 4. The van der Waals surface area contributed by atoms with Crippen molar-refractivity contribution in [2.75, 3.05) is 0 Å². The maximum absolute atomic E-state index is 12.1. The SMILES string of the molecule is CC=CCCCc1ccccc1C1=C(CCCC)C(CCCC)=C(c2ccc(CCCCCCCCCCCCCCCCCCCCCCCC)cc2)[N+]1=[N-].CCCCCCCCCCCCCCCCCCCCCCCC[CH2][Ni][CH2]CCCCCCCCCCCCCCCCCCCCCCCC. The molecule has 0 radical (unpaired) electrons. The van der Waals surface area contributed by atoms with E-state index < -0.39 is 0 Å². The Morgan fingerprint density at radius 1 is 0.262 bits per heavy atom. The fourth-order valence-corrected chi connectivity index (χ4v) is 18.0. The van der Waals surface area contributed by atoms with Crippen molar-refractivity contribution in [2.45, 2.75) is 553 Å². The monoisotopic (exact) mass is 1520 g/mol. The average Bonchev–Trinajstić information content (AvgIpc) is 1.61. The molecule has 0 saturated carbocycles. The Morgan fingerprint density at radius 3 is 0.813 bits per heavy atom. The van der Waals surface area contributed by atoms with Crippen molar-refractivity contribution in [2.24, 2.45) is 0 Å². The standard InChI is InChI=1S/C54H86N2.2C25H51.Ni/c1-5-9-13-15-16-17-18-19-20-21-22-23-24-25-26-27-28-29-30-31-32-33-37-47-43-45-49(46-44-47)53-51(40-11-7-3)52(41-12-8-4)54(56(53)55)50-42-36-35-39-48(50)38-34-14-10-6-2;2*1-3-5-7-9-11-13-15-17-19-21-23-25-24-22-20-18-16-14-12-10-8-6-4-2;/h6,10,35-36,39,42-46H,5,7-9,11-34,37-38,40-41H2,1-4H3;2*1,3-25H2,2H3;. The molecule has 0 N–H and O–H groups in total. The molecule has 2 nitrogen and oxygen atoms in total. The minimum Gasteiger partial charge on any atom is -0.0654 e. The van der Waals surface area contributed by atoms with Crippen molar-refractivity contribution in [1.82, 2.24) is 0 Å². The third-order valence-electron chi connectivity index (χ3n) is 23.9. The molecular formula is C104H188N2Ni. The van der Waals surface area contributed by atoms with E-state index in [0.717, 1.165) is 81.2 Å². The molecule has 0 unspecified atom stereocenters. The molecule has 1 aliphatic rings. The zero-order valence-corrected chi connectivity index (χ0v) is 74.5. The topological polar surface area (TPSA) is 25.3 Å². The molecule has 0 bridgehead atoms. The Kier molecular flexibility index (Phi) is 77.0. The van der Waals surface area contributed by atoms with Crippen LogP contribution in [0.25, 0.3) is 16.9 Å². The summed E-state index contributed by atoms with van der Waals surface area (Å²) < 4.78 is 1.58. The van der Waals surface area contributed by atoms with Gasteiger partial charge in [0.2, 0.25) is 11.4 Å². The summed E-state index contributed by atoms with van der Waals surface area (Å²) in [6.45, 7) is 13.6. The molecular weight excluding hydrogens is 1340 g/mol.